The fourth-order valence-corrected chi connectivity index (χ4v) is 1.60. The van der Waals surface area contributed by atoms with Gasteiger partial charge in [0.2, 0.25) is 0 Å². The summed E-state index contributed by atoms with van der Waals surface area (Å²) in [7, 11) is 0. The molecule has 0 aliphatic heterocycles. The number of hydrogen-bond donors (Lipinski definition) is 1. The summed E-state index contributed by atoms with van der Waals surface area (Å²) >= 11 is 0. The summed E-state index contributed by atoms with van der Waals surface area (Å²) in [5.74, 6) is 1.38. The van der Waals surface area contributed by atoms with Crippen LogP contribution in [0.2, 0.25) is 0 Å². The number of rotatable bonds is 0. The Balaban J connectivity index is 2.50. The number of hydrogen-bond acceptors (Lipinski definition) is 3. The van der Waals surface area contributed by atoms with E-state index in [9.17, 15) is 4.79 Å². The second-order valence-electron chi connectivity index (χ2n) is 3.18. The van der Waals surface area contributed by atoms with E-state index >= 15 is 0 Å². The topological polar surface area (TPSA) is 50.4 Å². The van der Waals surface area contributed by atoms with Crippen molar-refractivity contribution in [3.05, 3.63) is 35.0 Å². The van der Waals surface area contributed by atoms with Crippen molar-refractivity contribution in [1.82, 2.24) is 0 Å². The number of aryl methyl sites for hydroxylation is 2. The van der Waals surface area contributed by atoms with E-state index in [1.165, 1.54) is 0 Å². The van der Waals surface area contributed by atoms with Gasteiger partial charge in [-0.15, -0.1) is 0 Å². The number of carbonyl (C=O) groups is 1. The zero-order chi connectivity index (χ0) is 9.42. The summed E-state index contributed by atoms with van der Waals surface area (Å²) in [5, 5.41) is 8.78. The second-order valence-corrected chi connectivity index (χ2v) is 3.18. The van der Waals surface area contributed by atoms with Gasteiger partial charge in [-0.2, -0.15) is 0 Å². The van der Waals surface area contributed by atoms with Gasteiger partial charge in [0.05, 0.1) is 11.8 Å². The van der Waals surface area contributed by atoms with E-state index in [1.807, 2.05) is 6.92 Å². The molecule has 0 unspecified atom stereocenters. The Morgan fingerprint density at radius 3 is 3.00 bits per heavy atom. The summed E-state index contributed by atoms with van der Waals surface area (Å²) < 4.78 is 5.34. The predicted molar refractivity (Wildman–Crippen MR) is 46.8 cm³/mol. The van der Waals surface area contributed by atoms with Crippen LogP contribution in [-0.4, -0.2) is 10.9 Å². The third kappa shape index (κ3) is 1.16. The first-order valence-corrected chi connectivity index (χ1v) is 4.19. The number of furan rings is 1. The molecule has 1 aromatic rings. The molecule has 68 valence electrons. The van der Waals surface area contributed by atoms with Crippen LogP contribution in [0.15, 0.2) is 22.3 Å². The van der Waals surface area contributed by atoms with Crippen molar-refractivity contribution < 1.29 is 14.3 Å². The quantitative estimate of drug-likeness (QED) is 0.489. The Labute approximate surface area is 75.7 Å². The summed E-state index contributed by atoms with van der Waals surface area (Å²) in [5.41, 5.74) is 1.07. The van der Waals surface area contributed by atoms with Crippen LogP contribution in [0.3, 0.4) is 0 Å². The number of aliphatic hydroxyl groups is 1. The predicted octanol–water partition coefficient (Wildman–Crippen LogP) is 2.16. The van der Waals surface area contributed by atoms with Crippen molar-refractivity contribution in [3.63, 3.8) is 0 Å². The third-order valence-corrected chi connectivity index (χ3v) is 2.25. The Morgan fingerprint density at radius 1 is 1.54 bits per heavy atom. The zero-order valence-corrected chi connectivity index (χ0v) is 7.33. The van der Waals surface area contributed by atoms with Gasteiger partial charge in [-0.25, -0.2) is 0 Å². The number of Topliss-reactive ketones (excluding diaryl/α,β-unsaturated/α-hetero) is 1. The minimum Gasteiger partial charge on any atom is -0.515 e. The van der Waals surface area contributed by atoms with E-state index in [2.05, 4.69) is 0 Å². The van der Waals surface area contributed by atoms with E-state index in [4.69, 9.17) is 9.52 Å². The fraction of sp³-hybridized carbons (Fsp3) is 0.300. The average Bonchev–Trinajstić information content (AvgIpc) is 2.47. The summed E-state index contributed by atoms with van der Waals surface area (Å²) in [6.07, 6.45) is 2.16. The minimum atomic E-state index is -0.111. The van der Waals surface area contributed by atoms with Crippen LogP contribution in [0, 0.1) is 6.92 Å². The van der Waals surface area contributed by atoms with Crippen LogP contribution in [-0.2, 0) is 6.42 Å². The maximum atomic E-state index is 11.6. The lowest BCUT2D eigenvalue weighted by Gasteiger charge is -2.10. The molecule has 3 nitrogen and oxygen atoms in total. The number of ketones is 1. The van der Waals surface area contributed by atoms with Gasteiger partial charge < -0.3 is 9.52 Å². The van der Waals surface area contributed by atoms with Gasteiger partial charge in [0.15, 0.2) is 5.78 Å². The molecule has 0 spiro atoms. The van der Waals surface area contributed by atoms with E-state index in [-0.39, 0.29) is 5.78 Å². The van der Waals surface area contributed by atoms with Crippen LogP contribution in [0.1, 0.15) is 28.3 Å². The molecular weight excluding hydrogens is 168 g/mol. The van der Waals surface area contributed by atoms with Crippen molar-refractivity contribution in [2.45, 2.75) is 19.8 Å². The highest BCUT2D eigenvalue weighted by Gasteiger charge is 2.25. The van der Waals surface area contributed by atoms with Gasteiger partial charge >= 0.3 is 0 Å². The van der Waals surface area contributed by atoms with Gasteiger partial charge in [-0.1, -0.05) is 0 Å². The molecule has 1 aliphatic rings. The number of fused-ring (bicyclic) bond motifs is 1. The molecule has 13 heavy (non-hydrogen) atoms. The highest BCUT2D eigenvalue weighted by Crippen LogP contribution is 2.27. The van der Waals surface area contributed by atoms with Gasteiger partial charge in [-0.05, 0) is 19.4 Å². The highest BCUT2D eigenvalue weighted by atomic mass is 16.3. The molecule has 1 aromatic heterocycles. The molecule has 0 atom stereocenters. The van der Waals surface area contributed by atoms with E-state index in [0.29, 0.717) is 24.0 Å². The van der Waals surface area contributed by atoms with Crippen LogP contribution < -0.4 is 0 Å². The number of aliphatic hydroxyl groups excluding tert-OH is 1. The van der Waals surface area contributed by atoms with Crippen LogP contribution in [0.5, 0.6) is 0 Å². The lowest BCUT2D eigenvalue weighted by molar-refractivity contribution is 0.102. The Bertz CT molecular complexity index is 385. The van der Waals surface area contributed by atoms with Crippen LogP contribution in [0.4, 0.5) is 0 Å². The monoisotopic (exact) mass is 178 g/mol. The first kappa shape index (κ1) is 8.10. The van der Waals surface area contributed by atoms with Crippen molar-refractivity contribution in [2.24, 2.45) is 0 Å². The van der Waals surface area contributed by atoms with Crippen molar-refractivity contribution in [2.75, 3.05) is 0 Å². The fourth-order valence-electron chi connectivity index (χ4n) is 1.60. The van der Waals surface area contributed by atoms with Crippen molar-refractivity contribution >= 4 is 5.78 Å². The minimum absolute atomic E-state index is 0.111. The van der Waals surface area contributed by atoms with Crippen LogP contribution in [0.25, 0.3) is 0 Å². The third-order valence-electron chi connectivity index (χ3n) is 2.25. The maximum absolute atomic E-state index is 11.6. The van der Waals surface area contributed by atoms with Gasteiger partial charge in [0.1, 0.15) is 11.5 Å². The average molecular weight is 178 g/mol. The molecule has 1 N–H and O–H groups in total. The molecule has 0 amide bonds. The van der Waals surface area contributed by atoms with E-state index < -0.39 is 0 Å². The molecule has 0 bridgehead atoms. The Hall–Kier alpha value is -1.51. The van der Waals surface area contributed by atoms with Crippen molar-refractivity contribution in [3.8, 4) is 0 Å². The van der Waals surface area contributed by atoms with Gasteiger partial charge in [0, 0.05) is 12.0 Å². The lowest BCUT2D eigenvalue weighted by Crippen LogP contribution is -2.11. The van der Waals surface area contributed by atoms with E-state index in [1.54, 1.807) is 6.07 Å². The number of carbonyl (C=O) groups excluding carboxylic acids is 1. The van der Waals surface area contributed by atoms with Gasteiger partial charge in [-0.3, -0.25) is 4.79 Å². The van der Waals surface area contributed by atoms with Crippen LogP contribution >= 0.6 is 0 Å². The first-order valence-electron chi connectivity index (χ1n) is 4.19. The largest absolute Gasteiger partial charge is 0.515 e. The molecule has 0 aromatic carbocycles. The Kier molecular flexibility index (Phi) is 1.72. The molecule has 0 radical (unpaired) electrons. The number of allylic oxidation sites excluding steroid dienone is 1. The normalized spacial score (nSPS) is 19.2. The molecule has 3 heteroatoms. The molecule has 1 heterocycles. The molecule has 2 rings (SSSR count). The Morgan fingerprint density at radius 2 is 2.31 bits per heavy atom. The summed E-state index contributed by atoms with van der Waals surface area (Å²) in [6.45, 7) is 1.81. The molecule has 1 aliphatic carbocycles. The molecule has 0 saturated heterocycles. The highest BCUT2D eigenvalue weighted by molar-refractivity contribution is 6.10. The lowest BCUT2D eigenvalue weighted by atomic mass is 9.93. The molecule has 0 fully saturated rings. The molecule has 0 saturated carbocycles. The summed E-state index contributed by atoms with van der Waals surface area (Å²) in [4.78, 5) is 11.6. The first-order chi connectivity index (χ1) is 6.22. The second kappa shape index (κ2) is 2.76. The zero-order valence-electron chi connectivity index (χ0n) is 7.33. The standard InChI is InChI=1S/C10H10O3/c1-6-4-8-9(13-6)3-2-7(5-11)10(8)12/h4-5,11H,2-3H2,1H3. The SMILES string of the molecule is Cc1cc2c(o1)CCC(=CO)C2=O. The van der Waals surface area contributed by atoms with E-state index in [0.717, 1.165) is 17.8 Å². The smallest absolute Gasteiger partial charge is 0.195 e. The summed E-state index contributed by atoms with van der Waals surface area (Å²) in [6, 6.07) is 1.72. The maximum Gasteiger partial charge on any atom is 0.195 e. The van der Waals surface area contributed by atoms with Gasteiger partial charge in [0.25, 0.3) is 0 Å². The van der Waals surface area contributed by atoms with Crippen molar-refractivity contribution in [1.29, 1.82) is 0 Å². The molecular formula is C10H10O3.